The first-order valence-electron chi connectivity index (χ1n) is 52.1. The zero-order valence-corrected chi connectivity index (χ0v) is 97.1. The van der Waals surface area contributed by atoms with Gasteiger partial charge < -0.3 is 10.1 Å². The van der Waals surface area contributed by atoms with E-state index in [4.69, 9.17) is 51.1 Å². The van der Waals surface area contributed by atoms with Gasteiger partial charge in [0.1, 0.15) is 0 Å². The summed E-state index contributed by atoms with van der Waals surface area (Å²) in [4.78, 5) is 0.871. The van der Waals surface area contributed by atoms with Gasteiger partial charge in [-0.1, -0.05) is 453 Å². The van der Waals surface area contributed by atoms with Crippen molar-refractivity contribution in [2.24, 2.45) is 16.2 Å². The van der Waals surface area contributed by atoms with Gasteiger partial charge in [-0.05, 0) is 361 Å². The molecule has 1 aliphatic heterocycles. The van der Waals surface area contributed by atoms with Crippen molar-refractivity contribution in [2.45, 2.75) is 317 Å². The molecule has 0 spiro atoms. The summed E-state index contributed by atoms with van der Waals surface area (Å²) in [5.41, 5.74) is 46.3. The van der Waals surface area contributed by atoms with Gasteiger partial charge >= 0.3 is 0 Å². The van der Waals surface area contributed by atoms with Gasteiger partial charge in [0.25, 0.3) is 0 Å². The number of ether oxygens (including phenoxy) is 1. The Labute approximate surface area is 893 Å². The highest BCUT2D eigenvalue weighted by Gasteiger charge is 2.44. The van der Waals surface area contributed by atoms with Crippen LogP contribution in [0.4, 0.5) is 11.4 Å². The quantitative estimate of drug-likeness (QED) is 0.0987. The van der Waals surface area contributed by atoms with Gasteiger partial charge in [0.15, 0.2) is 0 Å². The van der Waals surface area contributed by atoms with Crippen LogP contribution in [-0.4, -0.2) is 22.7 Å². The Morgan fingerprint density at radius 3 is 1.31 bits per heavy atom. The molecular formula is C136H167Cl4NO2S. The van der Waals surface area contributed by atoms with E-state index >= 15 is 0 Å². The Balaban J connectivity index is 0.000000173. The highest BCUT2D eigenvalue weighted by Crippen LogP contribution is 2.52. The van der Waals surface area contributed by atoms with Crippen molar-refractivity contribution in [1.29, 1.82) is 0 Å². The number of allylic oxidation sites excluding steroid dienone is 3. The molecule has 2 atom stereocenters. The Hall–Kier alpha value is -9.85. The van der Waals surface area contributed by atoms with E-state index in [0.29, 0.717) is 10.0 Å². The summed E-state index contributed by atoms with van der Waals surface area (Å²) in [5, 5.41) is 6.14. The fraction of sp³-hybridized carbons (Fsp3) is 0.382. The minimum atomic E-state index is -0.934. The van der Waals surface area contributed by atoms with Gasteiger partial charge in [0.2, 0.25) is 0 Å². The molecule has 0 amide bonds. The summed E-state index contributed by atoms with van der Waals surface area (Å²) in [7, 11) is -0.934. The number of benzene rings is 13. The topological polar surface area (TPSA) is 38.3 Å². The van der Waals surface area contributed by atoms with Gasteiger partial charge in [0, 0.05) is 44.1 Å². The Morgan fingerprint density at radius 1 is 0.396 bits per heavy atom. The largest absolute Gasteiger partial charge is 0.370 e. The summed E-state index contributed by atoms with van der Waals surface area (Å²) in [6.07, 6.45) is 15.4. The molecule has 1 heterocycles. The number of anilines is 2. The number of para-hydroxylation sites is 2. The molecule has 0 aromatic heterocycles. The second-order valence-electron chi connectivity index (χ2n) is 47.9. The smallest absolute Gasteiger partial charge is 0.0903 e. The zero-order valence-electron chi connectivity index (χ0n) is 93.3. The molecule has 3 aliphatic rings. The molecule has 13 aromatic rings. The fourth-order valence-electron chi connectivity index (χ4n) is 20.4. The van der Waals surface area contributed by atoms with Crippen LogP contribution >= 0.6 is 46.4 Å². The van der Waals surface area contributed by atoms with Crippen molar-refractivity contribution < 1.29 is 8.95 Å². The molecule has 8 heteroatoms. The first-order valence-corrected chi connectivity index (χ1v) is 55.2. The third-order valence-electron chi connectivity index (χ3n) is 27.9. The van der Waals surface area contributed by atoms with Crippen LogP contribution in [0.1, 0.15) is 337 Å². The predicted molar refractivity (Wildman–Crippen MR) is 634 cm³/mol. The minimum absolute atomic E-state index is 0.0458. The predicted octanol–water partition coefficient (Wildman–Crippen LogP) is 39.8. The van der Waals surface area contributed by atoms with Crippen LogP contribution in [0.2, 0.25) is 20.1 Å². The number of halogens is 4. The average Bonchev–Trinajstić information content (AvgIpc) is 1.57. The summed E-state index contributed by atoms with van der Waals surface area (Å²) < 4.78 is 18.1. The van der Waals surface area contributed by atoms with E-state index in [-0.39, 0.29) is 43.5 Å². The number of nitrogens with one attached hydrogen (secondary N) is 1. The molecular weight excluding hydrogens is 1850 g/mol. The van der Waals surface area contributed by atoms with Gasteiger partial charge in [-0.25, -0.2) is 0 Å². The maximum Gasteiger partial charge on any atom is 0.0903 e. The van der Waals surface area contributed by atoms with Gasteiger partial charge in [0.05, 0.1) is 27.9 Å². The number of fused-ring (bicyclic) bond motifs is 3. The lowest BCUT2D eigenvalue weighted by molar-refractivity contribution is -0.0505. The van der Waals surface area contributed by atoms with Crippen molar-refractivity contribution in [2.75, 3.05) is 18.2 Å². The van der Waals surface area contributed by atoms with Crippen LogP contribution in [0.5, 0.6) is 0 Å². The van der Waals surface area contributed by atoms with E-state index in [1.807, 2.05) is 55.5 Å². The molecule has 0 saturated carbocycles. The highest BCUT2D eigenvalue weighted by molar-refractivity contribution is 7.84. The third-order valence-corrected chi connectivity index (χ3v) is 30.4. The normalized spacial score (nSPS) is 14.5. The lowest BCUT2D eigenvalue weighted by atomic mass is 9.73. The lowest BCUT2D eigenvalue weighted by Crippen LogP contribution is -2.41. The van der Waals surface area contributed by atoms with Crippen LogP contribution in [0.15, 0.2) is 289 Å². The van der Waals surface area contributed by atoms with Gasteiger partial charge in [-0.3, -0.25) is 4.21 Å². The molecule has 0 fully saturated rings. The number of hydrogen-bond acceptors (Lipinski definition) is 3. The summed E-state index contributed by atoms with van der Waals surface area (Å²) >= 11 is 25.2. The second-order valence-corrected chi connectivity index (χ2v) is 50.9. The van der Waals surface area contributed by atoms with Gasteiger partial charge in [-0.2, -0.15) is 0 Å². The molecule has 0 saturated heterocycles. The lowest BCUT2D eigenvalue weighted by Gasteiger charge is -2.42. The molecule has 13 aromatic carbocycles. The highest BCUT2D eigenvalue weighted by atomic mass is 35.5. The van der Waals surface area contributed by atoms with E-state index in [2.05, 4.69) is 444 Å². The van der Waals surface area contributed by atoms with E-state index in [0.717, 1.165) is 120 Å². The zero-order chi connectivity index (χ0) is 106. The number of aryl methyl sites for hydroxylation is 6. The molecule has 3 nitrogen and oxygen atoms in total. The Kier molecular flexibility index (Phi) is 40.5. The van der Waals surface area contributed by atoms with E-state index < -0.39 is 10.8 Å². The first-order chi connectivity index (χ1) is 67.5. The van der Waals surface area contributed by atoms with Crippen LogP contribution in [0, 0.1) is 64.7 Å². The molecule has 1 N–H and O–H groups in total. The second kappa shape index (κ2) is 50.2. The number of hydrogen-bond donors (Lipinski definition) is 1. The van der Waals surface area contributed by atoms with Crippen LogP contribution in [-0.2, 0) is 82.1 Å². The van der Waals surface area contributed by atoms with Crippen molar-refractivity contribution in [3.8, 4) is 0 Å². The van der Waals surface area contributed by atoms with E-state index in [1.54, 1.807) is 23.0 Å². The fourth-order valence-corrected chi connectivity index (χ4v) is 21.9. The molecule has 0 bridgehead atoms. The van der Waals surface area contributed by atoms with E-state index in [9.17, 15) is 4.21 Å². The molecule has 144 heavy (non-hydrogen) atoms. The maximum absolute atomic E-state index is 11.6. The van der Waals surface area contributed by atoms with Crippen molar-refractivity contribution in [1.82, 2.24) is 0 Å². The Bertz CT molecular complexity index is 6550. The molecule has 0 radical (unpaired) electrons. The minimum Gasteiger partial charge on any atom is -0.370 e. The molecule has 762 valence electrons. The van der Waals surface area contributed by atoms with Crippen molar-refractivity contribution in [3.05, 3.63) is 449 Å². The first kappa shape index (κ1) is 116. The maximum atomic E-state index is 11.6. The van der Waals surface area contributed by atoms with E-state index in [1.165, 1.54) is 139 Å². The molecule has 16 rings (SSSR count). The summed E-state index contributed by atoms with van der Waals surface area (Å²) in [5.74, 6) is 0. The third kappa shape index (κ3) is 32.3. The summed E-state index contributed by atoms with van der Waals surface area (Å²) in [6, 6.07) is 96.3. The Morgan fingerprint density at radius 2 is 0.840 bits per heavy atom. The van der Waals surface area contributed by atoms with Crippen LogP contribution in [0.3, 0.4) is 0 Å². The molecule has 2 aliphatic carbocycles. The number of rotatable bonds is 17. The summed E-state index contributed by atoms with van der Waals surface area (Å²) in [6.45, 7) is 70.7. The average molecular weight is 2020 g/mol. The van der Waals surface area contributed by atoms with Gasteiger partial charge in [-0.15, -0.1) is 0 Å². The van der Waals surface area contributed by atoms with Crippen molar-refractivity contribution in [3.63, 3.8) is 0 Å². The SMILES string of the molecule is CC(C)(C)Cc1ccccc1Nc1c(Cl)cccc1Cl.CC1=C(CC(C)(C)C)c2cc(C)ccc2/C1=C/c1ccc(S(C)=O)cc1.CCc1cccc2c1CC1=C2CCOC1(CC)CC(C)(C)C.Cc1ccc(Cl)c(Cc2ccccc2C(C)(C)C)c1Cl.Cc1cccc(Cc2ccccc2C(C)(C)C)c1.Cc1cccc(Cc2ccccc2C(C)(C)C)c1C.Cc1cccc(Cc2ccccc2C(C)(C)C)c1C. The molecule has 2 unspecified atom stereocenters. The monoisotopic (exact) mass is 2020 g/mol. The standard InChI is InChI=1S/C24H28OS.C21H30O.2C19H24.C18H20Cl2.C18H22.C17H19Cl2N/c1-16-7-12-20-21(14-18-8-10-19(11-9-18)26(6)25)17(2)23(22(20)13-16)15-24(3,4)5;1-6-15-9-8-10-16-17-11-12-22-21(7-2,14-20(3,4)5)19(17)13-18(15)16;2*1-14-9-8-11-16(15(14)2)13-17-10-6-7-12-18(17)19(3,4)5;1-12-9-10-16(19)14(17(12)20)11-13-7-5-6-8-15(13)18(2,3)4;1-14-8-7-9-15(12-14)13-16-10-5-6-11-17(16)18(2,3)4;1-17(2,3)11-12-7-4-5-10-15(12)20-16-13(18)8-6-9-14(16)19/h7-14H,15H2,1-6H3;8-10H,6-7,11-14H2,1-5H3;2*6-12H,13H2,1-5H3;5-10H,11H2,1-4H3;5-12H,13H2,1-4H3;4-10,20H,11H2,1-3H3/b21-14+;;;;;;. The van der Waals surface area contributed by atoms with Crippen LogP contribution < -0.4 is 5.32 Å². The van der Waals surface area contributed by atoms with Crippen LogP contribution in [0.25, 0.3) is 22.8 Å². The van der Waals surface area contributed by atoms with Crippen molar-refractivity contribution >= 4 is 91.4 Å².